The predicted octanol–water partition coefficient (Wildman–Crippen LogP) is 2.41. The Kier molecular flexibility index (Phi) is 4.08. The van der Waals surface area contributed by atoms with Gasteiger partial charge in [-0.15, -0.1) is 0 Å². The van der Waals surface area contributed by atoms with Crippen LogP contribution in [-0.4, -0.2) is 25.2 Å². The first-order valence-electron chi connectivity index (χ1n) is 6.46. The van der Waals surface area contributed by atoms with Crippen molar-refractivity contribution in [1.29, 1.82) is 0 Å². The average molecular weight is 256 g/mol. The monoisotopic (exact) mass is 256 g/mol. The van der Waals surface area contributed by atoms with Crippen LogP contribution in [0.3, 0.4) is 0 Å². The van der Waals surface area contributed by atoms with Crippen LogP contribution >= 0.6 is 0 Å². The van der Waals surface area contributed by atoms with E-state index in [1.807, 2.05) is 34.6 Å². The van der Waals surface area contributed by atoms with Gasteiger partial charge < -0.3 is 9.47 Å². The van der Waals surface area contributed by atoms with Gasteiger partial charge in [0.1, 0.15) is 0 Å². The van der Waals surface area contributed by atoms with Crippen LogP contribution in [0.1, 0.15) is 41.5 Å². The zero-order chi connectivity index (χ0) is 14.1. The van der Waals surface area contributed by atoms with Crippen LogP contribution in [0.5, 0.6) is 0 Å². The van der Waals surface area contributed by atoms with Gasteiger partial charge in [-0.1, -0.05) is 13.8 Å². The standard InChI is InChI=1S/C14H24O4/c1-7-17-11(15)10-9(14(10,5)6)8-18-12(16)13(2,3)4/h9-10H,7-8H2,1-6H3. The molecule has 0 amide bonds. The molecule has 2 atom stereocenters. The number of rotatable bonds is 4. The first kappa shape index (κ1) is 15.0. The molecule has 1 aliphatic carbocycles. The van der Waals surface area contributed by atoms with Crippen LogP contribution in [-0.2, 0) is 19.1 Å². The van der Waals surface area contributed by atoms with Crippen molar-refractivity contribution in [3.05, 3.63) is 0 Å². The van der Waals surface area contributed by atoms with Crippen molar-refractivity contribution in [2.75, 3.05) is 13.2 Å². The Morgan fingerprint density at radius 1 is 1.17 bits per heavy atom. The fourth-order valence-electron chi connectivity index (χ4n) is 2.14. The molecule has 0 N–H and O–H groups in total. The highest BCUT2D eigenvalue weighted by Crippen LogP contribution is 2.58. The molecule has 1 fully saturated rings. The normalized spacial score (nSPS) is 25.4. The molecule has 1 rings (SSSR count). The van der Waals surface area contributed by atoms with Gasteiger partial charge in [0.25, 0.3) is 0 Å². The fourth-order valence-corrected chi connectivity index (χ4v) is 2.14. The Morgan fingerprint density at radius 2 is 1.72 bits per heavy atom. The van der Waals surface area contributed by atoms with Crippen LogP contribution in [0.25, 0.3) is 0 Å². The molecule has 0 heterocycles. The molecular weight excluding hydrogens is 232 g/mol. The van der Waals surface area contributed by atoms with Crippen LogP contribution in [0.15, 0.2) is 0 Å². The first-order chi connectivity index (χ1) is 8.12. The van der Waals surface area contributed by atoms with E-state index in [0.717, 1.165) is 0 Å². The van der Waals surface area contributed by atoms with Crippen LogP contribution in [0, 0.1) is 22.7 Å². The van der Waals surface area contributed by atoms with E-state index >= 15 is 0 Å². The third kappa shape index (κ3) is 3.03. The quantitative estimate of drug-likeness (QED) is 0.725. The number of esters is 2. The van der Waals surface area contributed by atoms with Crippen LogP contribution in [0.2, 0.25) is 0 Å². The SMILES string of the molecule is CCOC(=O)C1C(COC(=O)C(C)(C)C)C1(C)C. The van der Waals surface area contributed by atoms with Crippen molar-refractivity contribution in [1.82, 2.24) is 0 Å². The van der Waals surface area contributed by atoms with Gasteiger partial charge in [-0.05, 0) is 33.1 Å². The van der Waals surface area contributed by atoms with Crippen LogP contribution in [0.4, 0.5) is 0 Å². The molecule has 0 bridgehead atoms. The lowest BCUT2D eigenvalue weighted by Gasteiger charge is -2.16. The van der Waals surface area contributed by atoms with E-state index in [9.17, 15) is 9.59 Å². The Morgan fingerprint density at radius 3 is 2.17 bits per heavy atom. The predicted molar refractivity (Wildman–Crippen MR) is 67.8 cm³/mol. The lowest BCUT2D eigenvalue weighted by molar-refractivity contribution is -0.154. The minimum atomic E-state index is -0.502. The molecular formula is C14H24O4. The van der Waals surface area contributed by atoms with Crippen molar-refractivity contribution < 1.29 is 19.1 Å². The summed E-state index contributed by atoms with van der Waals surface area (Å²) in [4.78, 5) is 23.4. The second-order valence-corrected chi connectivity index (χ2v) is 6.51. The topological polar surface area (TPSA) is 52.6 Å². The van der Waals surface area contributed by atoms with Gasteiger partial charge in [0, 0.05) is 5.92 Å². The third-order valence-corrected chi connectivity index (χ3v) is 3.60. The van der Waals surface area contributed by atoms with E-state index in [-0.39, 0.29) is 29.2 Å². The number of carbonyl (C=O) groups excluding carboxylic acids is 2. The Hall–Kier alpha value is -1.06. The molecule has 1 saturated carbocycles. The molecule has 0 radical (unpaired) electrons. The maximum atomic E-state index is 11.7. The van der Waals surface area contributed by atoms with E-state index in [4.69, 9.17) is 9.47 Å². The summed E-state index contributed by atoms with van der Waals surface area (Å²) in [6.07, 6.45) is 0. The maximum Gasteiger partial charge on any atom is 0.311 e. The molecule has 2 unspecified atom stereocenters. The lowest BCUT2D eigenvalue weighted by atomic mass is 9.97. The molecule has 0 spiro atoms. The fraction of sp³-hybridized carbons (Fsp3) is 0.857. The summed E-state index contributed by atoms with van der Waals surface area (Å²) < 4.78 is 10.3. The summed E-state index contributed by atoms with van der Waals surface area (Å²) in [7, 11) is 0. The highest BCUT2D eigenvalue weighted by Gasteiger charge is 2.63. The van der Waals surface area contributed by atoms with E-state index in [1.165, 1.54) is 0 Å². The Bertz CT molecular complexity index is 338. The molecule has 0 aromatic carbocycles. The molecule has 4 nitrogen and oxygen atoms in total. The van der Waals surface area contributed by atoms with Crippen molar-refractivity contribution in [3.63, 3.8) is 0 Å². The van der Waals surface area contributed by atoms with Crippen LogP contribution < -0.4 is 0 Å². The summed E-state index contributed by atoms with van der Waals surface area (Å²) in [6.45, 7) is 11.9. The first-order valence-corrected chi connectivity index (χ1v) is 6.46. The van der Waals surface area contributed by atoms with Gasteiger partial charge in [-0.2, -0.15) is 0 Å². The highest BCUT2D eigenvalue weighted by molar-refractivity contribution is 5.78. The molecule has 1 aliphatic rings. The van der Waals surface area contributed by atoms with E-state index in [2.05, 4.69) is 0 Å². The van der Waals surface area contributed by atoms with E-state index < -0.39 is 5.41 Å². The number of ether oxygens (including phenoxy) is 2. The van der Waals surface area contributed by atoms with Gasteiger partial charge >= 0.3 is 11.9 Å². The van der Waals surface area contributed by atoms with Gasteiger partial charge in [0.15, 0.2) is 0 Å². The highest BCUT2D eigenvalue weighted by atomic mass is 16.5. The van der Waals surface area contributed by atoms with E-state index in [1.54, 1.807) is 6.92 Å². The smallest absolute Gasteiger partial charge is 0.311 e. The zero-order valence-corrected chi connectivity index (χ0v) is 12.2. The molecule has 4 heteroatoms. The summed E-state index contributed by atoms with van der Waals surface area (Å²) in [5.41, 5.74) is -0.636. The zero-order valence-electron chi connectivity index (χ0n) is 12.2. The van der Waals surface area contributed by atoms with Crippen molar-refractivity contribution in [3.8, 4) is 0 Å². The van der Waals surface area contributed by atoms with Gasteiger partial charge in [0.2, 0.25) is 0 Å². The second kappa shape index (κ2) is 4.90. The number of carbonyl (C=O) groups is 2. The number of hydrogen-bond acceptors (Lipinski definition) is 4. The average Bonchev–Trinajstić information content (AvgIpc) is 2.76. The molecule has 0 aromatic heterocycles. The second-order valence-electron chi connectivity index (χ2n) is 6.51. The van der Waals surface area contributed by atoms with Gasteiger partial charge in [0.05, 0.1) is 24.5 Å². The number of hydrogen-bond donors (Lipinski definition) is 0. The summed E-state index contributed by atoms with van der Waals surface area (Å²) in [5.74, 6) is -0.486. The van der Waals surface area contributed by atoms with Crippen molar-refractivity contribution in [2.45, 2.75) is 41.5 Å². The minimum Gasteiger partial charge on any atom is -0.466 e. The summed E-state index contributed by atoms with van der Waals surface area (Å²) in [5, 5.41) is 0. The maximum absolute atomic E-state index is 11.7. The molecule has 0 aromatic rings. The lowest BCUT2D eigenvalue weighted by Crippen LogP contribution is -2.24. The molecule has 18 heavy (non-hydrogen) atoms. The van der Waals surface area contributed by atoms with Crippen molar-refractivity contribution >= 4 is 11.9 Å². The minimum absolute atomic E-state index is 0.0721. The molecule has 0 aliphatic heterocycles. The molecule has 0 saturated heterocycles. The van der Waals surface area contributed by atoms with Gasteiger partial charge in [-0.25, -0.2) is 0 Å². The van der Waals surface area contributed by atoms with Gasteiger partial charge in [-0.3, -0.25) is 9.59 Å². The Balaban J connectivity index is 2.50. The third-order valence-electron chi connectivity index (χ3n) is 3.60. The summed E-state index contributed by atoms with van der Waals surface area (Å²) in [6, 6.07) is 0. The Labute approximate surface area is 109 Å². The largest absolute Gasteiger partial charge is 0.466 e. The summed E-state index contributed by atoms with van der Waals surface area (Å²) >= 11 is 0. The van der Waals surface area contributed by atoms with Crippen molar-refractivity contribution in [2.24, 2.45) is 22.7 Å². The van der Waals surface area contributed by atoms with E-state index in [0.29, 0.717) is 13.2 Å². The molecule has 104 valence electrons.